The summed E-state index contributed by atoms with van der Waals surface area (Å²) in [5, 5.41) is 3.37. The second kappa shape index (κ2) is 6.46. The van der Waals surface area contributed by atoms with Crippen molar-refractivity contribution >= 4 is 38.2 Å². The highest BCUT2D eigenvalue weighted by Gasteiger charge is 2.14. The lowest BCUT2D eigenvalue weighted by molar-refractivity contribution is 0.407. The van der Waals surface area contributed by atoms with E-state index < -0.39 is 5.63 Å². The Morgan fingerprint density at radius 3 is 2.80 bits per heavy atom. The van der Waals surface area contributed by atoms with Crippen LogP contribution in [0.2, 0.25) is 0 Å². The number of aromatic nitrogens is 1. The number of methoxy groups -OCH3 is 1. The maximum Gasteiger partial charge on any atom is 0.346 e. The van der Waals surface area contributed by atoms with E-state index in [1.165, 1.54) is 11.3 Å². The Bertz CT molecular complexity index is 1130. The second-order valence-electron chi connectivity index (χ2n) is 5.37. The van der Waals surface area contributed by atoms with Gasteiger partial charge in [-0.2, -0.15) is 0 Å². The fourth-order valence-electron chi connectivity index (χ4n) is 2.61. The lowest BCUT2D eigenvalue weighted by atomic mass is 10.1. The van der Waals surface area contributed by atoms with Gasteiger partial charge < -0.3 is 9.15 Å². The number of thiazole rings is 1. The van der Waals surface area contributed by atoms with Crippen LogP contribution in [0.1, 0.15) is 0 Å². The van der Waals surface area contributed by atoms with E-state index in [-0.39, 0.29) is 0 Å². The molecule has 0 aliphatic heterocycles. The zero-order valence-electron chi connectivity index (χ0n) is 13.2. The Balaban J connectivity index is 1.83. The predicted octanol–water partition coefficient (Wildman–Crippen LogP) is 5.35. The Hall–Kier alpha value is -2.44. The zero-order valence-corrected chi connectivity index (χ0v) is 15.6. The molecule has 25 heavy (non-hydrogen) atoms. The van der Waals surface area contributed by atoms with Crippen molar-refractivity contribution in [2.24, 2.45) is 0 Å². The van der Waals surface area contributed by atoms with Crippen molar-refractivity contribution in [3.05, 3.63) is 68.8 Å². The van der Waals surface area contributed by atoms with Crippen molar-refractivity contribution in [3.63, 3.8) is 0 Å². The molecule has 0 spiro atoms. The van der Waals surface area contributed by atoms with Gasteiger partial charge in [-0.15, -0.1) is 11.3 Å². The average molecular weight is 414 g/mol. The minimum Gasteiger partial charge on any atom is -0.493 e. The summed E-state index contributed by atoms with van der Waals surface area (Å²) in [5.74, 6) is 0.537. The summed E-state index contributed by atoms with van der Waals surface area (Å²) in [5.41, 5.74) is 2.29. The molecule has 0 saturated carbocycles. The molecule has 0 saturated heterocycles. The fourth-order valence-corrected chi connectivity index (χ4v) is 3.84. The number of hydrogen-bond donors (Lipinski definition) is 0. The minimum absolute atomic E-state index is 0.424. The van der Waals surface area contributed by atoms with E-state index in [1.54, 1.807) is 19.2 Å². The van der Waals surface area contributed by atoms with Gasteiger partial charge in [-0.05, 0) is 24.3 Å². The minimum atomic E-state index is -0.424. The van der Waals surface area contributed by atoms with Crippen LogP contribution in [0, 0.1) is 0 Å². The van der Waals surface area contributed by atoms with Gasteiger partial charge in [0.25, 0.3) is 0 Å². The number of benzene rings is 2. The Kier molecular flexibility index (Phi) is 4.15. The van der Waals surface area contributed by atoms with Crippen molar-refractivity contribution in [2.45, 2.75) is 0 Å². The monoisotopic (exact) mass is 413 g/mol. The predicted molar refractivity (Wildman–Crippen MR) is 103 cm³/mol. The second-order valence-corrected chi connectivity index (χ2v) is 7.15. The number of hydrogen-bond acceptors (Lipinski definition) is 5. The smallest absolute Gasteiger partial charge is 0.346 e. The first-order chi connectivity index (χ1) is 12.2. The maximum atomic E-state index is 12.4. The van der Waals surface area contributed by atoms with E-state index >= 15 is 0 Å². The SMILES string of the molecule is COc1cccc2cc(-c3nc(-c4cccc(Br)c4)cs3)c(=O)oc12. The average Bonchev–Trinajstić information content (AvgIpc) is 3.10. The number of para-hydroxylation sites is 1. The molecule has 2 heterocycles. The third-order valence-electron chi connectivity index (χ3n) is 3.80. The molecule has 0 atom stereocenters. The Morgan fingerprint density at radius 2 is 2.00 bits per heavy atom. The molecule has 4 rings (SSSR count). The van der Waals surface area contributed by atoms with Crippen LogP contribution in [-0.2, 0) is 0 Å². The maximum absolute atomic E-state index is 12.4. The molecule has 124 valence electrons. The zero-order chi connectivity index (χ0) is 17.4. The van der Waals surface area contributed by atoms with Crippen molar-refractivity contribution in [2.75, 3.05) is 7.11 Å². The van der Waals surface area contributed by atoms with Crippen LogP contribution in [0.3, 0.4) is 0 Å². The van der Waals surface area contributed by atoms with E-state index in [0.717, 1.165) is 21.1 Å². The van der Waals surface area contributed by atoms with E-state index in [9.17, 15) is 4.79 Å². The molecule has 0 aliphatic rings. The van der Waals surface area contributed by atoms with E-state index in [4.69, 9.17) is 9.15 Å². The van der Waals surface area contributed by atoms with E-state index in [0.29, 0.717) is 21.9 Å². The molecule has 0 amide bonds. The first-order valence-electron chi connectivity index (χ1n) is 7.48. The van der Waals surface area contributed by atoms with Crippen LogP contribution in [0.4, 0.5) is 0 Å². The van der Waals surface area contributed by atoms with Crippen LogP contribution < -0.4 is 10.4 Å². The van der Waals surface area contributed by atoms with Gasteiger partial charge in [0.1, 0.15) is 5.01 Å². The molecule has 6 heteroatoms. The van der Waals surface area contributed by atoms with E-state index in [2.05, 4.69) is 20.9 Å². The number of ether oxygens (including phenoxy) is 1. The van der Waals surface area contributed by atoms with Gasteiger partial charge in [0, 0.05) is 20.8 Å². The Morgan fingerprint density at radius 1 is 1.16 bits per heavy atom. The largest absolute Gasteiger partial charge is 0.493 e. The summed E-state index contributed by atoms with van der Waals surface area (Å²) in [6, 6.07) is 15.2. The summed E-state index contributed by atoms with van der Waals surface area (Å²) in [6.45, 7) is 0. The van der Waals surface area contributed by atoms with Crippen LogP contribution in [-0.4, -0.2) is 12.1 Å². The van der Waals surface area contributed by atoms with Crippen molar-refractivity contribution < 1.29 is 9.15 Å². The molecule has 0 N–H and O–H groups in total. The lowest BCUT2D eigenvalue weighted by Gasteiger charge is -2.04. The van der Waals surface area contributed by atoms with Crippen LogP contribution >= 0.6 is 27.3 Å². The molecule has 0 unspecified atom stereocenters. The molecular formula is C19H12BrNO3S. The number of rotatable bonds is 3. The van der Waals surface area contributed by atoms with Crippen LogP contribution in [0.15, 0.2) is 67.6 Å². The third-order valence-corrected chi connectivity index (χ3v) is 5.17. The first kappa shape index (κ1) is 16.1. The number of fused-ring (bicyclic) bond motifs is 1. The summed E-state index contributed by atoms with van der Waals surface area (Å²) in [6.07, 6.45) is 0. The van der Waals surface area contributed by atoms with Crippen molar-refractivity contribution in [1.82, 2.24) is 4.98 Å². The molecule has 0 fully saturated rings. The van der Waals surface area contributed by atoms with Gasteiger partial charge >= 0.3 is 5.63 Å². The van der Waals surface area contributed by atoms with Gasteiger partial charge in [0.2, 0.25) is 0 Å². The van der Waals surface area contributed by atoms with Crippen molar-refractivity contribution in [1.29, 1.82) is 0 Å². The normalized spacial score (nSPS) is 11.0. The highest BCUT2D eigenvalue weighted by molar-refractivity contribution is 9.10. The van der Waals surface area contributed by atoms with Gasteiger partial charge in [-0.3, -0.25) is 0 Å². The fraction of sp³-hybridized carbons (Fsp3) is 0.0526. The molecule has 0 bridgehead atoms. The van der Waals surface area contributed by atoms with Gasteiger partial charge in [-0.1, -0.05) is 40.2 Å². The van der Waals surface area contributed by atoms with E-state index in [1.807, 2.05) is 41.8 Å². The van der Waals surface area contributed by atoms with Gasteiger partial charge in [0.05, 0.1) is 18.4 Å². The first-order valence-corrected chi connectivity index (χ1v) is 9.15. The molecule has 0 radical (unpaired) electrons. The molecule has 4 nitrogen and oxygen atoms in total. The molecule has 4 aromatic rings. The molecule has 2 aromatic carbocycles. The summed E-state index contributed by atoms with van der Waals surface area (Å²) in [7, 11) is 1.55. The van der Waals surface area contributed by atoms with Gasteiger partial charge in [0.15, 0.2) is 11.3 Å². The summed E-state index contributed by atoms with van der Waals surface area (Å²) >= 11 is 4.88. The topological polar surface area (TPSA) is 52.3 Å². The molecule has 0 aliphatic carbocycles. The van der Waals surface area contributed by atoms with Crippen LogP contribution in [0.25, 0.3) is 32.8 Å². The Labute approximate surface area is 155 Å². The molecule has 2 aromatic heterocycles. The highest BCUT2D eigenvalue weighted by Crippen LogP contribution is 2.31. The quantitative estimate of drug-likeness (QED) is 0.424. The number of halogens is 1. The standard InChI is InChI=1S/C19H12BrNO3S/c1-23-16-7-3-5-12-9-14(19(22)24-17(12)16)18-21-15(10-25-18)11-4-2-6-13(20)8-11/h2-10H,1H3. The summed E-state index contributed by atoms with van der Waals surface area (Å²) in [4.78, 5) is 17.0. The lowest BCUT2D eigenvalue weighted by Crippen LogP contribution is -2.03. The third kappa shape index (κ3) is 2.99. The van der Waals surface area contributed by atoms with Crippen LogP contribution in [0.5, 0.6) is 5.75 Å². The number of nitrogens with zero attached hydrogens (tertiary/aromatic N) is 1. The van der Waals surface area contributed by atoms with Gasteiger partial charge in [-0.25, -0.2) is 9.78 Å². The summed E-state index contributed by atoms with van der Waals surface area (Å²) < 4.78 is 11.7. The molecular weight excluding hydrogens is 402 g/mol. The highest BCUT2D eigenvalue weighted by atomic mass is 79.9. The van der Waals surface area contributed by atoms with Crippen molar-refractivity contribution in [3.8, 4) is 27.6 Å².